The Labute approximate surface area is 200 Å². The molecule has 0 atom stereocenters. The van der Waals surface area contributed by atoms with Crippen LogP contribution in [-0.4, -0.2) is 55.3 Å². The number of nitrogens with zero attached hydrogens (tertiary/aromatic N) is 3. The monoisotopic (exact) mass is 510 g/mol. The number of ether oxygens (including phenoxy) is 1. The van der Waals surface area contributed by atoms with Crippen LogP contribution in [0, 0.1) is 0 Å². The van der Waals surface area contributed by atoms with Crippen molar-refractivity contribution in [3.05, 3.63) is 33.7 Å². The molecule has 1 aliphatic heterocycles. The van der Waals surface area contributed by atoms with Crippen LogP contribution < -0.4 is 5.32 Å². The zero-order chi connectivity index (χ0) is 22.3. The Morgan fingerprint density at radius 1 is 1.19 bits per heavy atom. The lowest BCUT2D eigenvalue weighted by atomic mass is 9.97. The van der Waals surface area contributed by atoms with Crippen LogP contribution in [0.4, 0.5) is 11.5 Å². The number of hydrogen-bond acceptors (Lipinski definition) is 8. The van der Waals surface area contributed by atoms with E-state index in [9.17, 15) is 8.42 Å². The maximum atomic E-state index is 13.1. The molecule has 0 amide bonds. The first-order valence-corrected chi connectivity index (χ1v) is 14.3. The van der Waals surface area contributed by atoms with Gasteiger partial charge in [0.05, 0.1) is 34.2 Å². The van der Waals surface area contributed by atoms with Crippen molar-refractivity contribution >= 4 is 66.4 Å². The number of thioether (sulfide) groups is 1. The number of morpholine rings is 1. The van der Waals surface area contributed by atoms with E-state index in [0.717, 1.165) is 29.5 Å². The van der Waals surface area contributed by atoms with Gasteiger partial charge in [0.2, 0.25) is 10.0 Å². The van der Waals surface area contributed by atoms with Gasteiger partial charge in [0.25, 0.3) is 0 Å². The Hall–Kier alpha value is -1.43. The zero-order valence-corrected chi connectivity index (χ0v) is 20.8. The molecule has 1 saturated heterocycles. The topological polar surface area (TPSA) is 84.4 Å². The van der Waals surface area contributed by atoms with Crippen LogP contribution >= 0.6 is 34.7 Å². The third kappa shape index (κ3) is 4.12. The SMILES string of the molecule is CSc1nc(Nc2cc(S(=O)(=O)N3CCOCC3)ccc2Cl)c2c3c(sc2n1)CCCC3. The van der Waals surface area contributed by atoms with Gasteiger partial charge in [0, 0.05) is 18.0 Å². The van der Waals surface area contributed by atoms with Gasteiger partial charge in [-0.05, 0) is 55.7 Å². The van der Waals surface area contributed by atoms with Crippen LogP contribution in [0.15, 0.2) is 28.3 Å². The first-order valence-electron chi connectivity index (χ1n) is 10.5. The zero-order valence-electron chi connectivity index (χ0n) is 17.6. The van der Waals surface area contributed by atoms with Crippen molar-refractivity contribution in [1.29, 1.82) is 0 Å². The van der Waals surface area contributed by atoms with Crippen molar-refractivity contribution in [2.75, 3.05) is 37.9 Å². The Morgan fingerprint density at radius 3 is 2.75 bits per heavy atom. The highest BCUT2D eigenvalue weighted by Crippen LogP contribution is 2.41. The minimum absolute atomic E-state index is 0.203. The quantitative estimate of drug-likeness (QED) is 0.393. The summed E-state index contributed by atoms with van der Waals surface area (Å²) in [5.74, 6) is 0.682. The molecule has 1 N–H and O–H groups in total. The Balaban J connectivity index is 1.57. The molecule has 0 saturated carbocycles. The Bertz CT molecular complexity index is 1270. The highest BCUT2D eigenvalue weighted by molar-refractivity contribution is 7.98. The number of aromatic nitrogens is 2. The number of sulfonamides is 1. The van der Waals surface area contributed by atoms with E-state index in [-0.39, 0.29) is 4.90 Å². The third-order valence-electron chi connectivity index (χ3n) is 5.78. The van der Waals surface area contributed by atoms with E-state index in [1.54, 1.807) is 29.5 Å². The molecule has 1 fully saturated rings. The first-order chi connectivity index (χ1) is 15.5. The van der Waals surface area contributed by atoms with Crippen molar-refractivity contribution in [2.45, 2.75) is 35.7 Å². The number of thiophene rings is 1. The predicted octanol–water partition coefficient (Wildman–Crippen LogP) is 4.71. The lowest BCUT2D eigenvalue weighted by Gasteiger charge is -2.26. The molecule has 2 aromatic heterocycles. The van der Waals surface area contributed by atoms with Crippen LogP contribution in [0.5, 0.6) is 0 Å². The summed E-state index contributed by atoms with van der Waals surface area (Å²) in [7, 11) is -3.63. The number of halogens is 1. The molecule has 7 nitrogen and oxygen atoms in total. The van der Waals surface area contributed by atoms with Crippen molar-refractivity contribution in [2.24, 2.45) is 0 Å². The van der Waals surface area contributed by atoms with Crippen LogP contribution in [0.3, 0.4) is 0 Å². The fourth-order valence-corrected chi connectivity index (χ4v) is 7.43. The molecule has 3 heterocycles. The standard InChI is InChI=1S/C21H23ClN4O3S3/c1-30-21-24-19(18-14-4-2-3-5-17(14)31-20(18)25-21)23-16-12-13(6-7-15(16)22)32(27,28)26-8-10-29-11-9-26/h6-7,12H,2-5,8-11H2,1H3,(H,23,24,25). The number of nitrogens with one attached hydrogen (secondary N) is 1. The third-order valence-corrected chi connectivity index (χ3v) is 9.73. The van der Waals surface area contributed by atoms with Crippen molar-refractivity contribution < 1.29 is 13.2 Å². The number of benzene rings is 1. The number of hydrogen-bond donors (Lipinski definition) is 1. The number of aryl methyl sites for hydroxylation is 2. The number of anilines is 2. The van der Waals surface area contributed by atoms with E-state index in [2.05, 4.69) is 5.32 Å². The maximum Gasteiger partial charge on any atom is 0.243 e. The molecule has 5 rings (SSSR count). The second-order valence-electron chi connectivity index (χ2n) is 7.73. The smallest absolute Gasteiger partial charge is 0.243 e. The maximum absolute atomic E-state index is 13.1. The fraction of sp³-hybridized carbons (Fsp3) is 0.429. The first kappa shape index (κ1) is 22.4. The Morgan fingerprint density at radius 2 is 1.97 bits per heavy atom. The van der Waals surface area contributed by atoms with Crippen LogP contribution in [0.2, 0.25) is 5.02 Å². The molecule has 170 valence electrons. The van der Waals surface area contributed by atoms with E-state index >= 15 is 0 Å². The molecule has 3 aromatic rings. The van der Waals surface area contributed by atoms with Crippen molar-refractivity contribution in [1.82, 2.24) is 14.3 Å². The van der Waals surface area contributed by atoms with Gasteiger partial charge >= 0.3 is 0 Å². The molecule has 2 aliphatic rings. The summed E-state index contributed by atoms with van der Waals surface area (Å²) in [5.41, 5.74) is 1.82. The van der Waals surface area contributed by atoms with E-state index in [4.69, 9.17) is 26.3 Å². The van der Waals surface area contributed by atoms with Gasteiger partial charge < -0.3 is 10.1 Å². The minimum atomic E-state index is -3.63. The normalized spacial score (nSPS) is 17.4. The summed E-state index contributed by atoms with van der Waals surface area (Å²) in [6, 6.07) is 4.76. The summed E-state index contributed by atoms with van der Waals surface area (Å²) in [5, 5.41) is 5.48. The molecule has 1 aliphatic carbocycles. The summed E-state index contributed by atoms with van der Waals surface area (Å²) in [4.78, 5) is 12.0. The minimum Gasteiger partial charge on any atom is -0.379 e. The van der Waals surface area contributed by atoms with Crippen LogP contribution in [0.1, 0.15) is 23.3 Å². The van der Waals surface area contributed by atoms with Gasteiger partial charge in [-0.1, -0.05) is 23.4 Å². The summed E-state index contributed by atoms with van der Waals surface area (Å²) in [6.45, 7) is 1.49. The van der Waals surface area contributed by atoms with Crippen LogP contribution in [-0.2, 0) is 27.6 Å². The summed E-state index contributed by atoms with van der Waals surface area (Å²) in [6.07, 6.45) is 6.36. The molecular weight excluding hydrogens is 488 g/mol. The Kier molecular flexibility index (Phi) is 6.34. The number of rotatable bonds is 5. The average molecular weight is 511 g/mol. The molecular formula is C21H23ClN4O3S3. The van der Waals surface area contributed by atoms with Crippen molar-refractivity contribution in [3.63, 3.8) is 0 Å². The largest absolute Gasteiger partial charge is 0.379 e. The van der Waals surface area contributed by atoms with Gasteiger partial charge in [-0.25, -0.2) is 18.4 Å². The highest BCUT2D eigenvalue weighted by atomic mass is 35.5. The van der Waals surface area contributed by atoms with Gasteiger partial charge in [-0.15, -0.1) is 11.3 Å². The molecule has 0 bridgehead atoms. The fourth-order valence-electron chi connectivity index (χ4n) is 4.14. The summed E-state index contributed by atoms with van der Waals surface area (Å²) < 4.78 is 33.0. The lowest BCUT2D eigenvalue weighted by Crippen LogP contribution is -2.40. The van der Waals surface area contributed by atoms with E-state index in [1.165, 1.54) is 32.9 Å². The lowest BCUT2D eigenvalue weighted by molar-refractivity contribution is 0.0730. The van der Waals surface area contributed by atoms with Crippen LogP contribution in [0.25, 0.3) is 10.2 Å². The molecule has 0 unspecified atom stereocenters. The van der Waals surface area contributed by atoms with Gasteiger partial charge in [0.1, 0.15) is 10.6 Å². The highest BCUT2D eigenvalue weighted by Gasteiger charge is 2.27. The van der Waals surface area contributed by atoms with Crippen molar-refractivity contribution in [3.8, 4) is 0 Å². The molecule has 32 heavy (non-hydrogen) atoms. The van der Waals surface area contributed by atoms with E-state index in [0.29, 0.717) is 48.0 Å². The van der Waals surface area contributed by atoms with Gasteiger partial charge in [-0.2, -0.15) is 4.31 Å². The second kappa shape index (κ2) is 9.08. The second-order valence-corrected chi connectivity index (χ2v) is 11.9. The molecule has 0 radical (unpaired) electrons. The average Bonchev–Trinajstić information content (AvgIpc) is 3.19. The molecule has 11 heteroatoms. The van der Waals surface area contributed by atoms with Gasteiger partial charge in [0.15, 0.2) is 5.16 Å². The molecule has 1 aromatic carbocycles. The molecule has 0 spiro atoms. The van der Waals surface area contributed by atoms with Gasteiger partial charge in [-0.3, -0.25) is 0 Å². The van der Waals surface area contributed by atoms with E-state index < -0.39 is 10.0 Å². The summed E-state index contributed by atoms with van der Waals surface area (Å²) >= 11 is 9.70. The predicted molar refractivity (Wildman–Crippen MR) is 130 cm³/mol. The van der Waals surface area contributed by atoms with E-state index in [1.807, 2.05) is 6.26 Å². The number of fused-ring (bicyclic) bond motifs is 3.